The summed E-state index contributed by atoms with van der Waals surface area (Å²) in [5.41, 5.74) is 1.37. The molecule has 2 aliphatic heterocycles. The number of likely N-dealkylation sites (tertiary alicyclic amines) is 2. The topological polar surface area (TPSA) is 43.8 Å². The summed E-state index contributed by atoms with van der Waals surface area (Å²) in [4.78, 5) is 16.1. The van der Waals surface area contributed by atoms with Crippen LogP contribution in [0.15, 0.2) is 30.3 Å². The van der Waals surface area contributed by atoms with Crippen molar-refractivity contribution < 1.29 is 9.90 Å². The van der Waals surface area contributed by atoms with Gasteiger partial charge >= 0.3 is 5.97 Å². The number of benzene rings is 1. The van der Waals surface area contributed by atoms with Crippen molar-refractivity contribution in [3.8, 4) is 0 Å². The fourth-order valence-corrected chi connectivity index (χ4v) is 3.85. The van der Waals surface area contributed by atoms with Gasteiger partial charge in [-0.1, -0.05) is 30.3 Å². The Kier molecular flexibility index (Phi) is 5.11. The molecule has 0 aliphatic carbocycles. The first-order valence-electron chi connectivity index (χ1n) is 8.45. The third kappa shape index (κ3) is 3.87. The number of piperidine rings is 1. The van der Waals surface area contributed by atoms with Crippen LogP contribution < -0.4 is 0 Å². The van der Waals surface area contributed by atoms with Gasteiger partial charge in [-0.15, -0.1) is 0 Å². The Labute approximate surface area is 132 Å². The Hall–Kier alpha value is -1.39. The van der Waals surface area contributed by atoms with E-state index in [0.717, 1.165) is 45.6 Å². The van der Waals surface area contributed by atoms with E-state index in [2.05, 4.69) is 40.1 Å². The third-order valence-corrected chi connectivity index (χ3v) is 5.05. The third-order valence-electron chi connectivity index (χ3n) is 5.05. The van der Waals surface area contributed by atoms with Crippen LogP contribution in [0.1, 0.15) is 31.2 Å². The minimum absolute atomic E-state index is 0.169. The summed E-state index contributed by atoms with van der Waals surface area (Å²) in [6.07, 6.45) is 4.35. The Morgan fingerprint density at radius 3 is 2.68 bits per heavy atom. The van der Waals surface area contributed by atoms with E-state index in [9.17, 15) is 9.90 Å². The van der Waals surface area contributed by atoms with Gasteiger partial charge in [-0.2, -0.15) is 0 Å². The van der Waals surface area contributed by atoms with Gasteiger partial charge in [0.15, 0.2) is 0 Å². The molecular weight excluding hydrogens is 276 g/mol. The lowest BCUT2D eigenvalue weighted by molar-refractivity contribution is -0.143. The zero-order chi connectivity index (χ0) is 15.4. The summed E-state index contributed by atoms with van der Waals surface area (Å²) >= 11 is 0. The molecule has 4 nitrogen and oxygen atoms in total. The van der Waals surface area contributed by atoms with Gasteiger partial charge < -0.3 is 10.0 Å². The summed E-state index contributed by atoms with van der Waals surface area (Å²) in [5, 5.41) is 9.23. The zero-order valence-corrected chi connectivity index (χ0v) is 13.2. The number of aliphatic carboxylic acids is 1. The second kappa shape index (κ2) is 7.25. The van der Waals surface area contributed by atoms with Crippen LogP contribution in [-0.2, 0) is 11.3 Å². The summed E-state index contributed by atoms with van der Waals surface area (Å²) in [6, 6.07) is 11.2. The lowest BCUT2D eigenvalue weighted by Crippen LogP contribution is -2.45. The molecule has 0 spiro atoms. The normalized spacial score (nSPS) is 27.1. The van der Waals surface area contributed by atoms with Crippen LogP contribution in [0.4, 0.5) is 0 Å². The van der Waals surface area contributed by atoms with E-state index < -0.39 is 5.97 Å². The highest BCUT2D eigenvalue weighted by molar-refractivity contribution is 5.70. The van der Waals surface area contributed by atoms with Crippen molar-refractivity contribution in [2.24, 2.45) is 5.92 Å². The van der Waals surface area contributed by atoms with E-state index in [-0.39, 0.29) is 5.92 Å². The van der Waals surface area contributed by atoms with Gasteiger partial charge in [-0.05, 0) is 44.3 Å². The molecule has 0 saturated carbocycles. The molecule has 0 radical (unpaired) electrons. The van der Waals surface area contributed by atoms with Gasteiger partial charge in [0, 0.05) is 25.7 Å². The molecule has 2 heterocycles. The van der Waals surface area contributed by atoms with Gasteiger partial charge in [-0.25, -0.2) is 0 Å². The van der Waals surface area contributed by atoms with Crippen LogP contribution in [0, 0.1) is 5.92 Å². The Morgan fingerprint density at radius 1 is 1.14 bits per heavy atom. The van der Waals surface area contributed by atoms with Crippen LogP contribution in [0.3, 0.4) is 0 Å². The maximum atomic E-state index is 11.2. The highest BCUT2D eigenvalue weighted by Gasteiger charge is 2.30. The predicted molar refractivity (Wildman–Crippen MR) is 86.7 cm³/mol. The first-order valence-corrected chi connectivity index (χ1v) is 8.45. The highest BCUT2D eigenvalue weighted by Crippen LogP contribution is 2.23. The second-order valence-corrected chi connectivity index (χ2v) is 6.69. The van der Waals surface area contributed by atoms with E-state index in [4.69, 9.17) is 0 Å². The van der Waals surface area contributed by atoms with Crippen molar-refractivity contribution in [3.05, 3.63) is 35.9 Å². The van der Waals surface area contributed by atoms with Crippen LogP contribution >= 0.6 is 0 Å². The minimum Gasteiger partial charge on any atom is -0.481 e. The molecule has 1 N–H and O–H groups in total. The molecule has 0 bridgehead atoms. The molecule has 2 aliphatic rings. The molecule has 120 valence electrons. The molecule has 0 amide bonds. The van der Waals surface area contributed by atoms with Gasteiger partial charge in [0.1, 0.15) is 0 Å². The molecule has 3 rings (SSSR count). The molecule has 2 fully saturated rings. The maximum absolute atomic E-state index is 11.2. The first-order chi connectivity index (χ1) is 10.7. The summed E-state index contributed by atoms with van der Waals surface area (Å²) < 4.78 is 0. The van der Waals surface area contributed by atoms with E-state index in [1.54, 1.807) is 0 Å². The Bertz CT molecular complexity index is 491. The van der Waals surface area contributed by atoms with Crippen molar-refractivity contribution in [2.45, 2.75) is 38.3 Å². The summed E-state index contributed by atoms with van der Waals surface area (Å²) in [7, 11) is 0. The number of carboxylic acid groups (broad SMARTS) is 1. The molecule has 22 heavy (non-hydrogen) atoms. The molecule has 1 aromatic rings. The lowest BCUT2D eigenvalue weighted by Gasteiger charge is -2.35. The number of carbonyl (C=O) groups is 1. The SMILES string of the molecule is O=C(O)[C@H]1CCCN(C[C@H]2CCCN2Cc2ccccc2)C1. The molecular formula is C18H26N2O2. The molecule has 2 atom stereocenters. The van der Waals surface area contributed by atoms with Crippen LogP contribution in [0.5, 0.6) is 0 Å². The second-order valence-electron chi connectivity index (χ2n) is 6.69. The largest absolute Gasteiger partial charge is 0.481 e. The summed E-state index contributed by atoms with van der Waals surface area (Å²) in [6.45, 7) is 4.98. The quantitative estimate of drug-likeness (QED) is 0.907. The maximum Gasteiger partial charge on any atom is 0.307 e. The molecule has 1 aromatic carbocycles. The number of hydrogen-bond acceptors (Lipinski definition) is 3. The van der Waals surface area contributed by atoms with Crippen molar-refractivity contribution in [3.63, 3.8) is 0 Å². The van der Waals surface area contributed by atoms with Crippen molar-refractivity contribution in [1.82, 2.24) is 9.80 Å². The van der Waals surface area contributed by atoms with E-state index in [0.29, 0.717) is 6.04 Å². The Balaban J connectivity index is 1.55. The summed E-state index contributed by atoms with van der Waals surface area (Å²) in [5.74, 6) is -0.796. The van der Waals surface area contributed by atoms with Crippen LogP contribution in [0.25, 0.3) is 0 Å². The molecule has 0 aromatic heterocycles. The lowest BCUT2D eigenvalue weighted by atomic mass is 9.97. The molecule has 2 saturated heterocycles. The van der Waals surface area contributed by atoms with Gasteiger partial charge in [0.05, 0.1) is 5.92 Å². The van der Waals surface area contributed by atoms with Crippen molar-refractivity contribution in [2.75, 3.05) is 26.2 Å². The average Bonchev–Trinajstić information content (AvgIpc) is 2.95. The fourth-order valence-electron chi connectivity index (χ4n) is 3.85. The first kappa shape index (κ1) is 15.5. The smallest absolute Gasteiger partial charge is 0.307 e. The van der Waals surface area contributed by atoms with E-state index >= 15 is 0 Å². The fraction of sp³-hybridized carbons (Fsp3) is 0.611. The van der Waals surface area contributed by atoms with Crippen LogP contribution in [0.2, 0.25) is 0 Å². The van der Waals surface area contributed by atoms with Gasteiger partial charge in [0.2, 0.25) is 0 Å². The van der Waals surface area contributed by atoms with Gasteiger partial charge in [-0.3, -0.25) is 9.69 Å². The van der Waals surface area contributed by atoms with E-state index in [1.807, 2.05) is 0 Å². The monoisotopic (exact) mass is 302 g/mol. The molecule has 4 heteroatoms. The predicted octanol–water partition coefficient (Wildman–Crippen LogP) is 2.45. The number of carboxylic acids is 1. The molecule has 0 unspecified atom stereocenters. The highest BCUT2D eigenvalue weighted by atomic mass is 16.4. The zero-order valence-electron chi connectivity index (χ0n) is 13.2. The average molecular weight is 302 g/mol. The Morgan fingerprint density at radius 2 is 1.91 bits per heavy atom. The number of nitrogens with zero attached hydrogens (tertiary/aromatic N) is 2. The van der Waals surface area contributed by atoms with Crippen molar-refractivity contribution in [1.29, 1.82) is 0 Å². The standard InChI is InChI=1S/C18H26N2O2/c21-18(22)16-8-4-10-19(13-16)14-17-9-5-11-20(17)12-15-6-2-1-3-7-15/h1-3,6-7,16-17H,4-5,8-14H2,(H,21,22)/t16-,17+/m0/s1. The number of hydrogen-bond donors (Lipinski definition) is 1. The van der Waals surface area contributed by atoms with Crippen LogP contribution in [-0.4, -0.2) is 53.1 Å². The number of rotatable bonds is 5. The van der Waals surface area contributed by atoms with Gasteiger partial charge in [0.25, 0.3) is 0 Å². The van der Waals surface area contributed by atoms with E-state index in [1.165, 1.54) is 18.4 Å². The van der Waals surface area contributed by atoms with Crippen molar-refractivity contribution >= 4 is 5.97 Å². The minimum atomic E-state index is -0.628.